The predicted molar refractivity (Wildman–Crippen MR) is 77.5 cm³/mol. The van der Waals surface area contributed by atoms with Gasteiger partial charge in [0.05, 0.1) is 25.3 Å². The third-order valence-corrected chi connectivity index (χ3v) is 3.68. The van der Waals surface area contributed by atoms with Crippen LogP contribution in [0.5, 0.6) is 11.5 Å². The lowest BCUT2D eigenvalue weighted by Crippen LogP contribution is -2.59. The Kier molecular flexibility index (Phi) is 4.18. The largest absolute Gasteiger partial charge is 0.497 e. The lowest BCUT2D eigenvalue weighted by Gasteiger charge is -2.43. The predicted octanol–water partition coefficient (Wildman–Crippen LogP) is 1.53. The quantitative estimate of drug-likeness (QED) is 0.911. The van der Waals surface area contributed by atoms with E-state index < -0.39 is 0 Å². The highest BCUT2D eigenvalue weighted by molar-refractivity contribution is 5.97. The van der Waals surface area contributed by atoms with E-state index in [1.54, 1.807) is 32.4 Å². The second-order valence-electron chi connectivity index (χ2n) is 5.51. The van der Waals surface area contributed by atoms with Crippen LogP contribution < -0.4 is 14.8 Å². The van der Waals surface area contributed by atoms with Crippen molar-refractivity contribution >= 4 is 5.91 Å². The number of amides is 1. The van der Waals surface area contributed by atoms with E-state index in [1.807, 2.05) is 4.90 Å². The van der Waals surface area contributed by atoms with Gasteiger partial charge in [0.25, 0.3) is 5.91 Å². The summed E-state index contributed by atoms with van der Waals surface area (Å²) in [5, 5.41) is 3.31. The molecule has 0 bridgehead atoms. The molecule has 5 nitrogen and oxygen atoms in total. The number of ether oxygens (including phenoxy) is 2. The van der Waals surface area contributed by atoms with Crippen LogP contribution in [0.3, 0.4) is 0 Å². The smallest absolute Gasteiger partial charge is 0.258 e. The first-order valence-electron chi connectivity index (χ1n) is 6.74. The maximum atomic E-state index is 12.8. The highest BCUT2D eigenvalue weighted by Gasteiger charge is 2.34. The van der Waals surface area contributed by atoms with Gasteiger partial charge in [-0.1, -0.05) is 0 Å². The Labute approximate surface area is 119 Å². The minimum absolute atomic E-state index is 0.00370. The van der Waals surface area contributed by atoms with Crippen molar-refractivity contribution in [2.75, 3.05) is 33.9 Å². The minimum Gasteiger partial charge on any atom is -0.497 e. The summed E-state index contributed by atoms with van der Waals surface area (Å²) >= 11 is 0. The van der Waals surface area contributed by atoms with E-state index in [1.165, 1.54) is 0 Å². The van der Waals surface area contributed by atoms with Gasteiger partial charge >= 0.3 is 0 Å². The lowest BCUT2D eigenvalue weighted by molar-refractivity contribution is 0.0474. The Bertz CT molecular complexity index is 500. The topological polar surface area (TPSA) is 50.8 Å². The number of rotatable bonds is 3. The molecule has 0 unspecified atom stereocenters. The molecule has 1 aliphatic heterocycles. The van der Waals surface area contributed by atoms with Crippen LogP contribution in [0.2, 0.25) is 0 Å². The van der Waals surface area contributed by atoms with Gasteiger partial charge in [-0.3, -0.25) is 4.79 Å². The van der Waals surface area contributed by atoms with E-state index in [2.05, 4.69) is 19.2 Å². The number of carbonyl (C=O) groups is 1. The Morgan fingerprint density at radius 2 is 2.05 bits per heavy atom. The molecule has 1 fully saturated rings. The number of hydrogen-bond donors (Lipinski definition) is 1. The fourth-order valence-electron chi connectivity index (χ4n) is 2.48. The van der Waals surface area contributed by atoms with Crippen LogP contribution in [0, 0.1) is 0 Å². The Hall–Kier alpha value is -1.75. The second kappa shape index (κ2) is 5.71. The van der Waals surface area contributed by atoms with Crippen LogP contribution in [-0.4, -0.2) is 50.2 Å². The summed E-state index contributed by atoms with van der Waals surface area (Å²) < 4.78 is 10.5. The number of hydrogen-bond acceptors (Lipinski definition) is 4. The van der Waals surface area contributed by atoms with Gasteiger partial charge in [-0.15, -0.1) is 0 Å². The van der Waals surface area contributed by atoms with Gasteiger partial charge in [0, 0.05) is 25.7 Å². The summed E-state index contributed by atoms with van der Waals surface area (Å²) in [6.45, 7) is 6.42. The van der Waals surface area contributed by atoms with Crippen LogP contribution in [0.4, 0.5) is 0 Å². The second-order valence-corrected chi connectivity index (χ2v) is 5.51. The van der Waals surface area contributed by atoms with Crippen molar-refractivity contribution in [3.8, 4) is 11.5 Å². The maximum absolute atomic E-state index is 12.8. The molecular formula is C15H22N2O3. The fourth-order valence-corrected chi connectivity index (χ4v) is 2.48. The summed E-state index contributed by atoms with van der Waals surface area (Å²) in [5.41, 5.74) is 0.364. The van der Waals surface area contributed by atoms with Crippen LogP contribution in [0.15, 0.2) is 18.2 Å². The van der Waals surface area contributed by atoms with Crippen molar-refractivity contribution in [1.29, 1.82) is 0 Å². The monoisotopic (exact) mass is 278 g/mol. The summed E-state index contributed by atoms with van der Waals surface area (Å²) in [4.78, 5) is 14.7. The van der Waals surface area contributed by atoms with E-state index in [0.29, 0.717) is 23.6 Å². The average Bonchev–Trinajstić information content (AvgIpc) is 2.45. The van der Waals surface area contributed by atoms with Crippen molar-refractivity contribution in [2.24, 2.45) is 0 Å². The van der Waals surface area contributed by atoms with Gasteiger partial charge in [0.1, 0.15) is 11.5 Å². The fraction of sp³-hybridized carbons (Fsp3) is 0.533. The molecule has 1 heterocycles. The molecule has 20 heavy (non-hydrogen) atoms. The maximum Gasteiger partial charge on any atom is 0.258 e. The minimum atomic E-state index is -0.208. The molecule has 1 aromatic rings. The molecule has 0 radical (unpaired) electrons. The van der Waals surface area contributed by atoms with E-state index in [0.717, 1.165) is 13.1 Å². The summed E-state index contributed by atoms with van der Waals surface area (Å²) in [6, 6.07) is 5.28. The van der Waals surface area contributed by atoms with E-state index in [-0.39, 0.29) is 11.4 Å². The summed E-state index contributed by atoms with van der Waals surface area (Å²) in [7, 11) is 3.16. The van der Waals surface area contributed by atoms with Crippen LogP contribution in [0.25, 0.3) is 0 Å². The molecule has 110 valence electrons. The Morgan fingerprint density at radius 1 is 1.30 bits per heavy atom. The first kappa shape index (κ1) is 14.7. The summed E-state index contributed by atoms with van der Waals surface area (Å²) in [6.07, 6.45) is 0. The number of benzene rings is 1. The average molecular weight is 278 g/mol. The van der Waals surface area contributed by atoms with E-state index in [9.17, 15) is 4.79 Å². The standard InChI is InChI=1S/C15H22N2O3/c1-15(2)10-16-7-8-17(15)14(18)12-6-5-11(19-3)9-13(12)20-4/h5-6,9,16H,7-8,10H2,1-4H3. The van der Waals surface area contributed by atoms with Gasteiger partial charge in [0.2, 0.25) is 0 Å². The molecule has 1 amide bonds. The van der Waals surface area contributed by atoms with Gasteiger partial charge < -0.3 is 19.7 Å². The molecule has 0 saturated carbocycles. The number of carbonyl (C=O) groups excluding carboxylic acids is 1. The highest BCUT2D eigenvalue weighted by Crippen LogP contribution is 2.28. The molecule has 5 heteroatoms. The third kappa shape index (κ3) is 2.72. The molecule has 0 aromatic heterocycles. The van der Waals surface area contributed by atoms with Crippen LogP contribution >= 0.6 is 0 Å². The molecule has 0 aliphatic carbocycles. The number of nitrogens with zero attached hydrogens (tertiary/aromatic N) is 1. The van der Waals surface area contributed by atoms with Crippen molar-refractivity contribution < 1.29 is 14.3 Å². The van der Waals surface area contributed by atoms with Crippen molar-refractivity contribution in [1.82, 2.24) is 10.2 Å². The van der Waals surface area contributed by atoms with Gasteiger partial charge in [-0.2, -0.15) is 0 Å². The molecule has 2 rings (SSSR count). The highest BCUT2D eigenvalue weighted by atomic mass is 16.5. The first-order valence-corrected chi connectivity index (χ1v) is 6.74. The molecule has 0 spiro atoms. The van der Waals surface area contributed by atoms with E-state index >= 15 is 0 Å². The molecule has 1 saturated heterocycles. The van der Waals surface area contributed by atoms with Crippen molar-refractivity contribution in [3.63, 3.8) is 0 Å². The van der Waals surface area contributed by atoms with Crippen molar-refractivity contribution in [3.05, 3.63) is 23.8 Å². The summed E-state index contributed by atoms with van der Waals surface area (Å²) in [5.74, 6) is 1.22. The zero-order valence-electron chi connectivity index (χ0n) is 12.5. The van der Waals surface area contributed by atoms with Gasteiger partial charge in [-0.25, -0.2) is 0 Å². The van der Waals surface area contributed by atoms with Gasteiger partial charge in [0.15, 0.2) is 0 Å². The normalized spacial score (nSPS) is 17.7. The number of piperazine rings is 1. The lowest BCUT2D eigenvalue weighted by atomic mass is 9.98. The molecule has 0 atom stereocenters. The molecule has 1 aromatic carbocycles. The zero-order valence-corrected chi connectivity index (χ0v) is 12.5. The number of methoxy groups -OCH3 is 2. The Morgan fingerprint density at radius 3 is 2.65 bits per heavy atom. The third-order valence-electron chi connectivity index (χ3n) is 3.68. The van der Waals surface area contributed by atoms with Crippen LogP contribution in [-0.2, 0) is 0 Å². The molecule has 1 N–H and O–H groups in total. The van der Waals surface area contributed by atoms with Crippen molar-refractivity contribution in [2.45, 2.75) is 19.4 Å². The first-order chi connectivity index (χ1) is 9.49. The van der Waals surface area contributed by atoms with Gasteiger partial charge in [-0.05, 0) is 26.0 Å². The molecular weight excluding hydrogens is 256 g/mol. The Balaban J connectivity index is 2.33. The zero-order chi connectivity index (χ0) is 14.8. The number of nitrogens with one attached hydrogen (secondary N) is 1. The van der Waals surface area contributed by atoms with Crippen LogP contribution in [0.1, 0.15) is 24.2 Å². The SMILES string of the molecule is COc1ccc(C(=O)N2CCNCC2(C)C)c(OC)c1. The molecule has 1 aliphatic rings. The van der Waals surface area contributed by atoms with E-state index in [4.69, 9.17) is 9.47 Å².